The largest absolute Gasteiger partial charge is 0.493 e. The van der Waals surface area contributed by atoms with Crippen LogP contribution < -0.4 is 11.0 Å². The molecule has 0 saturated carbocycles. The van der Waals surface area contributed by atoms with Crippen LogP contribution in [0.3, 0.4) is 0 Å². The summed E-state index contributed by atoms with van der Waals surface area (Å²) in [5.74, 6) is -0.220. The van der Waals surface area contributed by atoms with E-state index < -0.39 is 29.2 Å². The van der Waals surface area contributed by atoms with Crippen molar-refractivity contribution in [2.75, 3.05) is 6.54 Å². The highest BCUT2D eigenvalue weighted by atomic mass is 35.5. The van der Waals surface area contributed by atoms with Gasteiger partial charge in [0.1, 0.15) is 17.1 Å². The van der Waals surface area contributed by atoms with Gasteiger partial charge in [-0.2, -0.15) is 14.3 Å². The Morgan fingerprint density at radius 3 is 2.59 bits per heavy atom. The van der Waals surface area contributed by atoms with Gasteiger partial charge in [0.25, 0.3) is 0 Å². The number of halogens is 2. The van der Waals surface area contributed by atoms with E-state index in [1.165, 1.54) is 6.21 Å². The molecule has 0 bridgehead atoms. The second-order valence-corrected chi connectivity index (χ2v) is 9.97. The van der Waals surface area contributed by atoms with Gasteiger partial charge in [-0.1, -0.05) is 29.6 Å². The van der Waals surface area contributed by atoms with E-state index in [0.29, 0.717) is 57.5 Å². The number of amides is 1. The predicted octanol–water partition coefficient (Wildman–Crippen LogP) is 5.53. The summed E-state index contributed by atoms with van der Waals surface area (Å²) in [6, 6.07) is 8.42. The number of unbranched alkanes of at least 4 members (excludes halogenated alkanes) is 2. The van der Waals surface area contributed by atoms with Gasteiger partial charge >= 0.3 is 11.8 Å². The molecule has 2 N–H and O–H groups in total. The molecule has 0 unspecified atom stereocenters. The van der Waals surface area contributed by atoms with E-state index in [-0.39, 0.29) is 6.42 Å². The van der Waals surface area contributed by atoms with E-state index in [4.69, 9.17) is 32.4 Å². The van der Waals surface area contributed by atoms with Crippen LogP contribution in [0.15, 0.2) is 50.8 Å². The third-order valence-electron chi connectivity index (χ3n) is 4.98. The summed E-state index contributed by atoms with van der Waals surface area (Å²) in [5, 5.41) is 17.6. The second-order valence-electron chi connectivity index (χ2n) is 9.16. The van der Waals surface area contributed by atoms with Crippen molar-refractivity contribution in [3.05, 3.63) is 62.8 Å². The highest BCUT2D eigenvalue weighted by Gasteiger charge is 2.17. The maximum Gasteiger partial charge on any atom is 0.407 e. The highest BCUT2D eigenvalue weighted by Crippen LogP contribution is 2.29. The average molecular weight is 551 g/mol. The van der Waals surface area contributed by atoms with Crippen molar-refractivity contribution < 1.29 is 23.8 Å². The van der Waals surface area contributed by atoms with Gasteiger partial charge in [0.05, 0.1) is 22.5 Å². The minimum Gasteiger partial charge on any atom is -0.493 e. The quantitative estimate of drug-likeness (QED) is 0.266. The Kier molecular flexibility index (Phi) is 9.23. The van der Waals surface area contributed by atoms with Gasteiger partial charge in [-0.15, -0.1) is 0 Å². The number of ether oxygens (including phenoxy) is 1. The van der Waals surface area contributed by atoms with Gasteiger partial charge < -0.3 is 19.6 Å². The SMILES string of the molecule is CC(C)(C)OC(=O)NCCCCCC(=O)n1c(O)cn(N=Cc2ccc(-c3ccc(Cl)c(Cl)c3)o2)c1=O. The Hall–Kier alpha value is -3.50. The van der Waals surface area contributed by atoms with Crippen molar-refractivity contribution in [3.8, 4) is 17.2 Å². The van der Waals surface area contributed by atoms with E-state index in [1.54, 1.807) is 51.1 Å². The third-order valence-corrected chi connectivity index (χ3v) is 5.72. The molecule has 2 heterocycles. The number of aromatic hydroxyl groups is 1. The first-order chi connectivity index (χ1) is 17.4. The average Bonchev–Trinajstić information content (AvgIpc) is 3.39. The van der Waals surface area contributed by atoms with E-state index in [0.717, 1.165) is 10.9 Å². The molecule has 0 aliphatic rings. The van der Waals surface area contributed by atoms with Crippen LogP contribution in [0.1, 0.15) is 57.0 Å². The molecule has 0 aliphatic carbocycles. The lowest BCUT2D eigenvalue weighted by atomic mass is 10.2. The molecule has 12 heteroatoms. The Morgan fingerprint density at radius 1 is 1.14 bits per heavy atom. The number of hydrogen-bond donors (Lipinski definition) is 2. The van der Waals surface area contributed by atoms with E-state index in [9.17, 15) is 19.5 Å². The highest BCUT2D eigenvalue weighted by molar-refractivity contribution is 6.42. The minimum absolute atomic E-state index is 0.0405. The lowest BCUT2D eigenvalue weighted by molar-refractivity contribution is 0.0526. The monoisotopic (exact) mass is 550 g/mol. The second kappa shape index (κ2) is 12.2. The van der Waals surface area contributed by atoms with Crippen LogP contribution in [0.2, 0.25) is 10.0 Å². The van der Waals surface area contributed by atoms with Gasteiger partial charge in [-0.3, -0.25) is 4.79 Å². The lowest BCUT2D eigenvalue weighted by Gasteiger charge is -2.19. The van der Waals surface area contributed by atoms with Gasteiger partial charge in [0.15, 0.2) is 0 Å². The van der Waals surface area contributed by atoms with E-state index in [1.807, 2.05) is 0 Å². The molecule has 0 saturated heterocycles. The molecule has 2 aromatic heterocycles. The van der Waals surface area contributed by atoms with Gasteiger partial charge in [0.2, 0.25) is 11.8 Å². The summed E-state index contributed by atoms with van der Waals surface area (Å²) in [7, 11) is 0. The summed E-state index contributed by atoms with van der Waals surface area (Å²) < 4.78 is 12.4. The first-order valence-electron chi connectivity index (χ1n) is 11.6. The Morgan fingerprint density at radius 2 is 1.89 bits per heavy atom. The van der Waals surface area contributed by atoms with Crippen molar-refractivity contribution in [3.63, 3.8) is 0 Å². The summed E-state index contributed by atoms with van der Waals surface area (Å²) in [6.07, 6.45) is 3.61. The predicted molar refractivity (Wildman–Crippen MR) is 141 cm³/mol. The molecular weight excluding hydrogens is 523 g/mol. The van der Waals surface area contributed by atoms with Crippen molar-refractivity contribution in [2.24, 2.45) is 5.10 Å². The summed E-state index contributed by atoms with van der Waals surface area (Å²) in [5.41, 5.74) is -0.665. The fourth-order valence-electron chi connectivity index (χ4n) is 3.28. The minimum atomic E-state index is -0.804. The maximum absolute atomic E-state index is 12.6. The van der Waals surface area contributed by atoms with Crippen LogP contribution in [0, 0.1) is 0 Å². The number of aromatic nitrogens is 2. The van der Waals surface area contributed by atoms with Crippen LogP contribution >= 0.6 is 23.2 Å². The summed E-state index contributed by atoms with van der Waals surface area (Å²) in [6.45, 7) is 5.74. The van der Waals surface area contributed by atoms with Crippen molar-refractivity contribution in [1.82, 2.24) is 14.6 Å². The topological polar surface area (TPSA) is 128 Å². The van der Waals surface area contributed by atoms with Gasteiger partial charge in [-0.25, -0.2) is 9.59 Å². The molecule has 1 aromatic carbocycles. The Labute approximate surface area is 223 Å². The van der Waals surface area contributed by atoms with Crippen LogP contribution in [-0.2, 0) is 4.74 Å². The van der Waals surface area contributed by atoms with Gasteiger partial charge in [0, 0.05) is 18.5 Å². The normalized spacial score (nSPS) is 11.7. The van der Waals surface area contributed by atoms with Crippen LogP contribution in [-0.4, -0.2) is 44.7 Å². The van der Waals surface area contributed by atoms with Crippen LogP contribution in [0.5, 0.6) is 5.88 Å². The Bertz CT molecular complexity index is 1350. The molecule has 37 heavy (non-hydrogen) atoms. The molecule has 1 amide bonds. The number of hydrogen-bond acceptors (Lipinski definition) is 7. The lowest BCUT2D eigenvalue weighted by Crippen LogP contribution is -2.33. The number of imidazole rings is 1. The molecule has 0 spiro atoms. The number of benzene rings is 1. The van der Waals surface area contributed by atoms with Crippen LogP contribution in [0.25, 0.3) is 11.3 Å². The fourth-order valence-corrected chi connectivity index (χ4v) is 3.58. The summed E-state index contributed by atoms with van der Waals surface area (Å²) >= 11 is 12.0. The Balaban J connectivity index is 1.53. The first-order valence-corrected chi connectivity index (χ1v) is 12.3. The van der Waals surface area contributed by atoms with E-state index >= 15 is 0 Å². The van der Waals surface area contributed by atoms with E-state index in [2.05, 4.69) is 10.4 Å². The zero-order chi connectivity index (χ0) is 27.2. The van der Waals surface area contributed by atoms with Crippen LogP contribution in [0.4, 0.5) is 4.79 Å². The van der Waals surface area contributed by atoms with Crippen molar-refractivity contribution in [2.45, 2.75) is 52.1 Å². The van der Waals surface area contributed by atoms with Crippen molar-refractivity contribution in [1.29, 1.82) is 0 Å². The third kappa shape index (κ3) is 7.99. The zero-order valence-electron chi connectivity index (χ0n) is 20.7. The molecule has 10 nitrogen and oxygen atoms in total. The number of furan rings is 1. The molecule has 3 aromatic rings. The fraction of sp³-hybridized carbons (Fsp3) is 0.360. The molecule has 0 radical (unpaired) electrons. The number of alkyl carbamates (subject to hydrolysis) is 1. The number of nitrogens with zero attached hydrogens (tertiary/aromatic N) is 3. The first kappa shape index (κ1) is 28.1. The summed E-state index contributed by atoms with van der Waals surface area (Å²) in [4.78, 5) is 36.7. The number of carbonyl (C=O) groups is 2. The molecular formula is C25H28Cl2N4O6. The molecule has 3 rings (SSSR count). The smallest absolute Gasteiger partial charge is 0.407 e. The van der Waals surface area contributed by atoms with Gasteiger partial charge in [-0.05, 0) is 63.9 Å². The molecule has 0 aliphatic heterocycles. The standard InChI is InChI=1S/C25H28Cl2N4O6/c1-25(2,3)37-23(34)28-12-6-4-5-7-21(32)31-22(33)15-30(24(31)35)29-14-17-9-11-20(36-17)16-8-10-18(26)19(27)13-16/h8-11,13-15,33H,4-7,12H2,1-3H3,(H,28,34). The molecule has 0 fully saturated rings. The van der Waals surface area contributed by atoms with Crippen molar-refractivity contribution >= 4 is 41.4 Å². The molecule has 0 atom stereocenters. The zero-order valence-corrected chi connectivity index (χ0v) is 22.2. The molecule has 198 valence electrons. The number of rotatable bonds is 9. The number of nitrogens with one attached hydrogen (secondary N) is 1. The maximum atomic E-state index is 12.6. The number of carbonyl (C=O) groups excluding carboxylic acids is 2.